The molecule has 1 aromatic carbocycles. The van der Waals surface area contributed by atoms with E-state index in [1.54, 1.807) is 19.9 Å². The summed E-state index contributed by atoms with van der Waals surface area (Å²) < 4.78 is 11.3. The van der Waals surface area contributed by atoms with E-state index >= 15 is 0 Å². The molecule has 8 nitrogen and oxygen atoms in total. The Balaban J connectivity index is 2.17. The predicted molar refractivity (Wildman–Crippen MR) is 92.2 cm³/mol. The lowest BCUT2D eigenvalue weighted by Crippen LogP contribution is -2.70. The Hall–Kier alpha value is -2.90. The maximum atomic E-state index is 13.0. The Morgan fingerprint density at radius 1 is 1.27 bits per heavy atom. The van der Waals surface area contributed by atoms with Crippen molar-refractivity contribution >= 4 is 23.8 Å². The highest BCUT2D eigenvalue weighted by Crippen LogP contribution is 2.38. The number of benzene rings is 1. The molecule has 8 heteroatoms. The van der Waals surface area contributed by atoms with Gasteiger partial charge in [-0.1, -0.05) is 18.2 Å². The van der Waals surface area contributed by atoms with Crippen LogP contribution in [0.5, 0.6) is 0 Å². The zero-order chi connectivity index (χ0) is 19.1. The van der Waals surface area contributed by atoms with E-state index in [9.17, 15) is 14.4 Å². The Morgan fingerprint density at radius 3 is 2.54 bits per heavy atom. The van der Waals surface area contributed by atoms with Gasteiger partial charge in [0, 0.05) is 25.6 Å². The number of aryl methyl sites for hydroxylation is 1. The summed E-state index contributed by atoms with van der Waals surface area (Å²) in [4.78, 5) is 44.2. The minimum atomic E-state index is -1.93. The summed E-state index contributed by atoms with van der Waals surface area (Å²) in [7, 11) is 0. The molecule has 26 heavy (non-hydrogen) atoms. The predicted octanol–water partition coefficient (Wildman–Crippen LogP) is 1.66. The molecule has 2 heterocycles. The van der Waals surface area contributed by atoms with Gasteiger partial charge in [-0.25, -0.2) is 4.79 Å². The second-order valence-electron chi connectivity index (χ2n) is 6.11. The molecule has 1 saturated heterocycles. The van der Waals surface area contributed by atoms with E-state index in [0.29, 0.717) is 5.56 Å². The zero-order valence-corrected chi connectivity index (χ0v) is 15.2. The minimum Gasteiger partial charge on any atom is -0.446 e. The largest absolute Gasteiger partial charge is 0.446 e. The third kappa shape index (κ3) is 2.53. The van der Waals surface area contributed by atoms with Crippen molar-refractivity contribution in [3.8, 4) is 0 Å². The normalized spacial score (nSPS) is 24.9. The zero-order valence-electron chi connectivity index (χ0n) is 15.2. The summed E-state index contributed by atoms with van der Waals surface area (Å²) in [6, 6.07) is 6.87. The van der Waals surface area contributed by atoms with Crippen LogP contribution in [0, 0.1) is 6.92 Å². The number of esters is 1. The van der Waals surface area contributed by atoms with Gasteiger partial charge >= 0.3 is 23.6 Å². The molecule has 3 rings (SSSR count). The highest BCUT2D eigenvalue weighted by molar-refractivity contribution is 6.07. The molecule has 0 radical (unpaired) electrons. The fourth-order valence-electron chi connectivity index (χ4n) is 3.23. The molecule has 0 bridgehead atoms. The number of amides is 3. The van der Waals surface area contributed by atoms with Crippen molar-refractivity contribution in [1.29, 1.82) is 0 Å². The third-order valence-corrected chi connectivity index (χ3v) is 4.47. The maximum Gasteiger partial charge on any atom is 0.342 e. The number of hydrogen-bond acceptors (Lipinski definition) is 6. The van der Waals surface area contributed by atoms with Crippen LogP contribution in [-0.4, -0.2) is 58.6 Å². The van der Waals surface area contributed by atoms with Crippen molar-refractivity contribution in [2.45, 2.75) is 39.6 Å². The average molecular weight is 359 g/mol. The Bertz CT molecular complexity index is 806. The second-order valence-corrected chi connectivity index (χ2v) is 6.11. The number of imide groups is 1. The third-order valence-electron chi connectivity index (χ3n) is 4.47. The molecule has 138 valence electrons. The number of ether oxygens (including phenoxy) is 2. The lowest BCUT2D eigenvalue weighted by molar-refractivity contribution is -0.195. The fourth-order valence-corrected chi connectivity index (χ4v) is 3.23. The molecule has 0 N–H and O–H groups in total. The van der Waals surface area contributed by atoms with E-state index in [4.69, 9.17) is 9.47 Å². The lowest BCUT2D eigenvalue weighted by Gasteiger charge is -2.43. The van der Waals surface area contributed by atoms with Crippen LogP contribution in [0.3, 0.4) is 0 Å². The topological polar surface area (TPSA) is 88.5 Å². The van der Waals surface area contributed by atoms with Gasteiger partial charge in [0.1, 0.15) is 0 Å². The van der Waals surface area contributed by atoms with Gasteiger partial charge in [0.25, 0.3) is 0 Å². The van der Waals surface area contributed by atoms with Gasteiger partial charge in [0.05, 0.1) is 0 Å². The molecule has 0 saturated carbocycles. The van der Waals surface area contributed by atoms with Gasteiger partial charge in [-0.2, -0.15) is 4.99 Å². The summed E-state index contributed by atoms with van der Waals surface area (Å²) >= 11 is 0. The van der Waals surface area contributed by atoms with Crippen LogP contribution in [0.4, 0.5) is 4.79 Å². The standard InChI is InChI=1S/C18H21N3O5/c1-5-20-15(23)18(26-12(4)22)16(21(6-2)17(20)24)25-14(19-18)13-10-8-7-9-11(13)3/h7-10,16H,5-6H2,1-4H3. The van der Waals surface area contributed by atoms with Gasteiger partial charge < -0.3 is 9.47 Å². The van der Waals surface area contributed by atoms with Crippen molar-refractivity contribution in [2.24, 2.45) is 4.99 Å². The average Bonchev–Trinajstić information content (AvgIpc) is 2.96. The van der Waals surface area contributed by atoms with Crippen LogP contribution in [0.15, 0.2) is 29.3 Å². The lowest BCUT2D eigenvalue weighted by atomic mass is 10.1. The number of likely N-dealkylation sites (N-methyl/N-ethyl adjacent to an activating group) is 2. The SMILES string of the molecule is CCN1C(=O)N(CC)C2OC(c3ccccc3C)=NC2(OC(C)=O)C1=O. The first kappa shape index (κ1) is 17.9. The summed E-state index contributed by atoms with van der Waals surface area (Å²) in [5.74, 6) is -1.20. The monoisotopic (exact) mass is 359 g/mol. The number of nitrogens with zero attached hydrogens (tertiary/aromatic N) is 3. The summed E-state index contributed by atoms with van der Waals surface area (Å²) in [5.41, 5.74) is -0.367. The number of rotatable bonds is 4. The van der Waals surface area contributed by atoms with Gasteiger partial charge in [-0.15, -0.1) is 0 Å². The molecular weight excluding hydrogens is 338 g/mol. The first-order valence-corrected chi connectivity index (χ1v) is 8.50. The van der Waals surface area contributed by atoms with Gasteiger partial charge in [-0.3, -0.25) is 19.4 Å². The van der Waals surface area contributed by atoms with Crippen molar-refractivity contribution in [1.82, 2.24) is 9.80 Å². The van der Waals surface area contributed by atoms with Crippen molar-refractivity contribution in [2.75, 3.05) is 13.1 Å². The van der Waals surface area contributed by atoms with Crippen molar-refractivity contribution in [3.63, 3.8) is 0 Å². The summed E-state index contributed by atoms with van der Waals surface area (Å²) in [5, 5.41) is 0. The van der Waals surface area contributed by atoms with E-state index in [1.165, 1.54) is 11.8 Å². The van der Waals surface area contributed by atoms with E-state index in [-0.39, 0.29) is 19.0 Å². The first-order chi connectivity index (χ1) is 12.4. The number of hydrogen-bond donors (Lipinski definition) is 0. The van der Waals surface area contributed by atoms with Crippen molar-refractivity contribution in [3.05, 3.63) is 35.4 Å². The van der Waals surface area contributed by atoms with Crippen LogP contribution >= 0.6 is 0 Å². The van der Waals surface area contributed by atoms with Crippen LogP contribution < -0.4 is 0 Å². The molecular formula is C18H21N3O5. The first-order valence-electron chi connectivity index (χ1n) is 8.50. The molecule has 0 aliphatic carbocycles. The van der Waals surface area contributed by atoms with Gasteiger partial charge in [0.15, 0.2) is 0 Å². The van der Waals surface area contributed by atoms with Crippen LogP contribution in [-0.2, 0) is 19.1 Å². The molecule has 2 aliphatic rings. The Kier molecular flexibility index (Phi) is 4.43. The number of aliphatic imine (C=N–C) groups is 1. The highest BCUT2D eigenvalue weighted by atomic mass is 16.6. The molecule has 3 amide bonds. The van der Waals surface area contributed by atoms with E-state index in [0.717, 1.165) is 10.5 Å². The number of urea groups is 1. The molecule has 0 aromatic heterocycles. The number of carbonyl (C=O) groups excluding carboxylic acids is 3. The van der Waals surface area contributed by atoms with Crippen LogP contribution in [0.2, 0.25) is 0 Å². The second kappa shape index (κ2) is 6.44. The van der Waals surface area contributed by atoms with Gasteiger partial charge in [-0.05, 0) is 32.4 Å². The van der Waals surface area contributed by atoms with Crippen LogP contribution in [0.1, 0.15) is 31.9 Å². The highest BCUT2D eigenvalue weighted by Gasteiger charge is 2.65. The van der Waals surface area contributed by atoms with Crippen molar-refractivity contribution < 1.29 is 23.9 Å². The molecule has 2 unspecified atom stereocenters. The molecule has 1 fully saturated rings. The van der Waals surface area contributed by atoms with E-state index in [2.05, 4.69) is 4.99 Å². The van der Waals surface area contributed by atoms with E-state index in [1.807, 2.05) is 25.1 Å². The molecule has 2 atom stereocenters. The van der Waals surface area contributed by atoms with E-state index < -0.39 is 29.9 Å². The number of fused-ring (bicyclic) bond motifs is 1. The maximum absolute atomic E-state index is 13.0. The van der Waals surface area contributed by atoms with Crippen LogP contribution in [0.25, 0.3) is 0 Å². The summed E-state index contributed by atoms with van der Waals surface area (Å²) in [6.07, 6.45) is -1.13. The summed E-state index contributed by atoms with van der Waals surface area (Å²) in [6.45, 7) is 6.92. The molecule has 2 aliphatic heterocycles. The minimum absolute atomic E-state index is 0.138. The Morgan fingerprint density at radius 2 is 1.96 bits per heavy atom. The Labute approximate surface area is 151 Å². The fraction of sp³-hybridized carbons (Fsp3) is 0.444. The molecule has 1 aromatic rings. The smallest absolute Gasteiger partial charge is 0.342 e. The van der Waals surface area contributed by atoms with Gasteiger partial charge in [0.2, 0.25) is 12.1 Å². The number of carbonyl (C=O) groups is 3. The molecule has 0 spiro atoms. The quantitative estimate of drug-likeness (QED) is 0.763.